The predicted molar refractivity (Wildman–Crippen MR) is 86.9 cm³/mol. The van der Waals surface area contributed by atoms with Crippen LogP contribution in [0.5, 0.6) is 0 Å². The summed E-state index contributed by atoms with van der Waals surface area (Å²) in [5.74, 6) is 0. The van der Waals surface area contributed by atoms with E-state index >= 15 is 0 Å². The van der Waals surface area contributed by atoms with Crippen LogP contribution >= 0.6 is 23.2 Å². The molecule has 5 heteroatoms. The first-order valence-electron chi connectivity index (χ1n) is 7.38. The SMILES string of the molecule is Nc1cc(Cl)c(N2CCN(C3CCCC3)CC2)c(Cl)c1. The highest BCUT2D eigenvalue weighted by Gasteiger charge is 2.27. The zero-order valence-corrected chi connectivity index (χ0v) is 13.1. The van der Waals surface area contributed by atoms with E-state index in [9.17, 15) is 0 Å². The first kappa shape index (κ1) is 14.3. The Kier molecular flexibility index (Phi) is 4.29. The van der Waals surface area contributed by atoms with Gasteiger partial charge in [0.2, 0.25) is 0 Å². The fourth-order valence-corrected chi connectivity index (χ4v) is 4.21. The molecule has 0 aromatic heterocycles. The fraction of sp³-hybridized carbons (Fsp3) is 0.600. The third-order valence-corrected chi connectivity index (χ3v) is 5.09. The molecule has 3 nitrogen and oxygen atoms in total. The van der Waals surface area contributed by atoms with Crippen LogP contribution in [0.15, 0.2) is 12.1 Å². The second kappa shape index (κ2) is 6.00. The number of piperazine rings is 1. The van der Waals surface area contributed by atoms with Gasteiger partial charge in [-0.2, -0.15) is 0 Å². The van der Waals surface area contributed by atoms with Crippen molar-refractivity contribution in [2.75, 3.05) is 36.8 Å². The third kappa shape index (κ3) is 2.85. The average molecular weight is 314 g/mol. The normalized spacial score (nSPS) is 21.6. The molecule has 0 amide bonds. The van der Waals surface area contributed by atoms with Crippen LogP contribution in [-0.4, -0.2) is 37.1 Å². The molecule has 1 heterocycles. The molecular weight excluding hydrogens is 293 g/mol. The van der Waals surface area contributed by atoms with Crippen LogP contribution in [0.1, 0.15) is 25.7 Å². The van der Waals surface area contributed by atoms with E-state index in [4.69, 9.17) is 28.9 Å². The maximum Gasteiger partial charge on any atom is 0.0747 e. The van der Waals surface area contributed by atoms with Crippen LogP contribution in [0.2, 0.25) is 10.0 Å². The van der Waals surface area contributed by atoms with E-state index in [0.29, 0.717) is 15.7 Å². The molecule has 0 unspecified atom stereocenters. The van der Waals surface area contributed by atoms with E-state index in [0.717, 1.165) is 37.9 Å². The number of rotatable bonds is 2. The molecule has 0 atom stereocenters. The Morgan fingerprint density at radius 1 is 0.950 bits per heavy atom. The Balaban J connectivity index is 1.69. The van der Waals surface area contributed by atoms with Crippen LogP contribution in [0.3, 0.4) is 0 Å². The third-order valence-electron chi connectivity index (χ3n) is 4.51. The van der Waals surface area contributed by atoms with Gasteiger partial charge in [-0.1, -0.05) is 36.0 Å². The summed E-state index contributed by atoms with van der Waals surface area (Å²) in [6.45, 7) is 4.17. The van der Waals surface area contributed by atoms with Gasteiger partial charge in [0.15, 0.2) is 0 Å². The number of halogens is 2. The predicted octanol–water partition coefficient (Wildman–Crippen LogP) is 3.64. The van der Waals surface area contributed by atoms with Gasteiger partial charge in [0.25, 0.3) is 0 Å². The van der Waals surface area contributed by atoms with Crippen molar-refractivity contribution >= 4 is 34.6 Å². The van der Waals surface area contributed by atoms with Gasteiger partial charge in [-0.3, -0.25) is 4.90 Å². The highest BCUT2D eigenvalue weighted by molar-refractivity contribution is 6.39. The lowest BCUT2D eigenvalue weighted by atomic mass is 10.1. The summed E-state index contributed by atoms with van der Waals surface area (Å²) in [7, 11) is 0. The van der Waals surface area contributed by atoms with Gasteiger partial charge in [0, 0.05) is 37.9 Å². The zero-order chi connectivity index (χ0) is 14.1. The maximum atomic E-state index is 6.31. The fourth-order valence-electron chi connectivity index (χ4n) is 3.47. The van der Waals surface area contributed by atoms with Gasteiger partial charge in [0.05, 0.1) is 15.7 Å². The molecule has 0 spiro atoms. The van der Waals surface area contributed by atoms with E-state index < -0.39 is 0 Å². The number of nitrogen functional groups attached to an aromatic ring is 1. The van der Waals surface area contributed by atoms with Gasteiger partial charge in [0.1, 0.15) is 0 Å². The van der Waals surface area contributed by atoms with E-state index in [1.54, 1.807) is 12.1 Å². The molecule has 2 fully saturated rings. The highest BCUT2D eigenvalue weighted by atomic mass is 35.5. The minimum atomic E-state index is 0.619. The maximum absolute atomic E-state index is 6.31. The molecule has 0 radical (unpaired) electrons. The number of benzene rings is 1. The Bertz CT molecular complexity index is 455. The molecular formula is C15H21Cl2N3. The minimum Gasteiger partial charge on any atom is -0.399 e. The van der Waals surface area contributed by atoms with Crippen LogP contribution in [0.25, 0.3) is 0 Å². The first-order chi connectivity index (χ1) is 9.65. The highest BCUT2D eigenvalue weighted by Crippen LogP contribution is 2.36. The molecule has 110 valence electrons. The first-order valence-corrected chi connectivity index (χ1v) is 8.14. The summed E-state index contributed by atoms with van der Waals surface area (Å²) in [4.78, 5) is 4.91. The van der Waals surface area contributed by atoms with Crippen molar-refractivity contribution in [3.05, 3.63) is 22.2 Å². The van der Waals surface area contributed by atoms with Crippen LogP contribution in [0, 0.1) is 0 Å². The van der Waals surface area contributed by atoms with Gasteiger partial charge < -0.3 is 10.6 Å². The quantitative estimate of drug-likeness (QED) is 0.846. The molecule has 1 aliphatic heterocycles. The summed E-state index contributed by atoms with van der Waals surface area (Å²) in [5.41, 5.74) is 7.32. The average Bonchev–Trinajstić information content (AvgIpc) is 2.92. The Hall–Kier alpha value is -0.640. The van der Waals surface area contributed by atoms with E-state index in [1.165, 1.54) is 25.7 Å². The molecule has 2 N–H and O–H groups in total. The van der Waals surface area contributed by atoms with Gasteiger partial charge in [-0.05, 0) is 25.0 Å². The Labute approximate surface area is 130 Å². The van der Waals surface area contributed by atoms with E-state index in [-0.39, 0.29) is 0 Å². The molecule has 2 aliphatic rings. The molecule has 1 saturated carbocycles. The van der Waals surface area contributed by atoms with E-state index in [2.05, 4.69) is 9.80 Å². The van der Waals surface area contributed by atoms with E-state index in [1.807, 2.05) is 0 Å². The lowest BCUT2D eigenvalue weighted by molar-refractivity contribution is 0.187. The minimum absolute atomic E-state index is 0.619. The van der Waals surface area contributed by atoms with Crippen molar-refractivity contribution < 1.29 is 0 Å². The summed E-state index contributed by atoms with van der Waals surface area (Å²) in [6, 6.07) is 4.37. The molecule has 20 heavy (non-hydrogen) atoms. The van der Waals surface area contributed by atoms with Gasteiger partial charge >= 0.3 is 0 Å². The van der Waals surface area contributed by atoms with Gasteiger partial charge in [-0.15, -0.1) is 0 Å². The second-order valence-electron chi connectivity index (χ2n) is 5.79. The molecule has 3 rings (SSSR count). The molecule has 1 saturated heterocycles. The molecule has 1 aromatic rings. The number of hydrogen-bond acceptors (Lipinski definition) is 3. The van der Waals surface area contributed by atoms with Crippen molar-refractivity contribution in [3.8, 4) is 0 Å². The molecule has 1 aromatic carbocycles. The van der Waals surface area contributed by atoms with Crippen LogP contribution in [-0.2, 0) is 0 Å². The number of nitrogens with zero attached hydrogens (tertiary/aromatic N) is 2. The van der Waals surface area contributed by atoms with Crippen molar-refractivity contribution in [2.24, 2.45) is 0 Å². The van der Waals surface area contributed by atoms with Crippen molar-refractivity contribution in [1.29, 1.82) is 0 Å². The topological polar surface area (TPSA) is 32.5 Å². The molecule has 1 aliphatic carbocycles. The molecule has 0 bridgehead atoms. The zero-order valence-electron chi connectivity index (χ0n) is 11.6. The lowest BCUT2D eigenvalue weighted by Crippen LogP contribution is -2.49. The smallest absolute Gasteiger partial charge is 0.0747 e. The number of nitrogens with two attached hydrogens (primary N) is 1. The summed E-state index contributed by atoms with van der Waals surface area (Å²) < 4.78 is 0. The number of hydrogen-bond donors (Lipinski definition) is 1. The summed E-state index contributed by atoms with van der Waals surface area (Å²) >= 11 is 12.6. The summed E-state index contributed by atoms with van der Waals surface area (Å²) in [5, 5.41) is 1.31. The Morgan fingerprint density at radius 2 is 1.50 bits per heavy atom. The summed E-state index contributed by atoms with van der Waals surface area (Å²) in [6.07, 6.45) is 5.51. The standard InChI is InChI=1S/C15H21Cl2N3/c16-13-9-11(18)10-14(17)15(13)20-7-5-19(6-8-20)12-3-1-2-4-12/h9-10,12H,1-8,18H2. The van der Waals surface area contributed by atoms with Crippen molar-refractivity contribution in [1.82, 2.24) is 4.90 Å². The Morgan fingerprint density at radius 3 is 2.05 bits per heavy atom. The largest absolute Gasteiger partial charge is 0.399 e. The second-order valence-corrected chi connectivity index (χ2v) is 6.61. The monoisotopic (exact) mass is 313 g/mol. The number of anilines is 2. The van der Waals surface area contributed by atoms with Gasteiger partial charge in [-0.25, -0.2) is 0 Å². The van der Waals surface area contributed by atoms with Crippen molar-refractivity contribution in [3.63, 3.8) is 0 Å². The lowest BCUT2D eigenvalue weighted by Gasteiger charge is -2.39. The van der Waals surface area contributed by atoms with Crippen LogP contribution in [0.4, 0.5) is 11.4 Å². The van der Waals surface area contributed by atoms with Crippen molar-refractivity contribution in [2.45, 2.75) is 31.7 Å². The van der Waals surface area contributed by atoms with Crippen LogP contribution < -0.4 is 10.6 Å².